The molecule has 6 nitrogen and oxygen atoms in total. The maximum absolute atomic E-state index is 13.5. The minimum absolute atomic E-state index is 0.197. The van der Waals surface area contributed by atoms with Gasteiger partial charge in [0.2, 0.25) is 0 Å². The van der Waals surface area contributed by atoms with Gasteiger partial charge in [-0.05, 0) is 49.2 Å². The van der Waals surface area contributed by atoms with Gasteiger partial charge in [-0.1, -0.05) is 11.2 Å². The third-order valence-corrected chi connectivity index (χ3v) is 4.36. The number of pyridine rings is 1. The smallest absolute Gasteiger partial charge is 0.475 e. The lowest BCUT2D eigenvalue weighted by atomic mass is 10.0. The van der Waals surface area contributed by atoms with E-state index >= 15 is 0 Å². The molecular formula is C21H17F4N3O3. The van der Waals surface area contributed by atoms with Crippen molar-refractivity contribution in [1.29, 1.82) is 0 Å². The third-order valence-electron chi connectivity index (χ3n) is 4.36. The molecule has 0 bridgehead atoms. The molecular weight excluding hydrogens is 418 g/mol. The lowest BCUT2D eigenvalue weighted by Gasteiger charge is -2.06. The number of benzene rings is 1. The number of halogens is 4. The van der Waals surface area contributed by atoms with Crippen molar-refractivity contribution >= 4 is 17.0 Å². The van der Waals surface area contributed by atoms with E-state index in [1.807, 2.05) is 37.5 Å². The minimum atomic E-state index is -5.08. The number of carbonyl (C=O) groups is 1. The molecule has 1 N–H and O–H groups in total. The Bertz CT molecular complexity index is 1230. The monoisotopic (exact) mass is 435 g/mol. The summed E-state index contributed by atoms with van der Waals surface area (Å²) in [6, 6.07) is 11.1. The second-order valence-corrected chi connectivity index (χ2v) is 6.77. The topological polar surface area (TPSA) is 81.2 Å². The molecule has 0 aliphatic rings. The van der Waals surface area contributed by atoms with Crippen molar-refractivity contribution in [1.82, 2.24) is 14.7 Å². The Morgan fingerprint density at radius 2 is 1.84 bits per heavy atom. The fraction of sp³-hybridized carbons (Fsp3) is 0.190. The van der Waals surface area contributed by atoms with Crippen LogP contribution in [0.4, 0.5) is 17.6 Å². The number of aryl methyl sites for hydroxylation is 2. The van der Waals surface area contributed by atoms with Gasteiger partial charge < -0.3 is 14.2 Å². The predicted octanol–water partition coefficient (Wildman–Crippen LogP) is 5.13. The molecule has 3 aromatic heterocycles. The standard InChI is InChI=1S/C19H16FN3O.C2HF3O2/c1-12-7-14(3-4-17(12)20)15-9-19-18(21-10-15)5-6-23(19)11-16-8-13(2)24-22-16;3-2(4,5)1(6)7/h3-10H,11H2,1-2H3;(H,6,7). The van der Waals surface area contributed by atoms with Crippen LogP contribution in [-0.4, -0.2) is 32.0 Å². The highest BCUT2D eigenvalue weighted by atomic mass is 19.4. The van der Waals surface area contributed by atoms with Gasteiger partial charge in [0.15, 0.2) is 0 Å². The highest BCUT2D eigenvalue weighted by molar-refractivity contribution is 5.81. The van der Waals surface area contributed by atoms with E-state index in [9.17, 15) is 17.6 Å². The van der Waals surface area contributed by atoms with Gasteiger partial charge in [0.1, 0.15) is 17.3 Å². The first kappa shape index (κ1) is 22.0. The molecule has 0 atom stereocenters. The molecule has 0 unspecified atom stereocenters. The average molecular weight is 435 g/mol. The number of aliphatic carboxylic acids is 1. The molecule has 0 aliphatic carbocycles. The Hall–Kier alpha value is -3.69. The molecule has 0 saturated heterocycles. The van der Waals surface area contributed by atoms with Gasteiger partial charge in [0.25, 0.3) is 0 Å². The Balaban J connectivity index is 0.000000339. The van der Waals surface area contributed by atoms with Crippen LogP contribution in [0.2, 0.25) is 0 Å². The molecule has 31 heavy (non-hydrogen) atoms. The molecule has 4 rings (SSSR count). The molecule has 4 aromatic rings. The van der Waals surface area contributed by atoms with Crippen LogP contribution in [0.15, 0.2) is 53.3 Å². The van der Waals surface area contributed by atoms with Crippen LogP contribution in [0.1, 0.15) is 17.0 Å². The van der Waals surface area contributed by atoms with E-state index in [-0.39, 0.29) is 5.82 Å². The third kappa shape index (κ3) is 5.27. The zero-order valence-electron chi connectivity index (χ0n) is 16.4. The summed E-state index contributed by atoms with van der Waals surface area (Å²) in [5, 5.41) is 11.2. The van der Waals surface area contributed by atoms with Gasteiger partial charge in [0.05, 0.1) is 17.6 Å². The van der Waals surface area contributed by atoms with Gasteiger partial charge >= 0.3 is 12.1 Å². The van der Waals surface area contributed by atoms with Crippen molar-refractivity contribution in [2.75, 3.05) is 0 Å². The van der Waals surface area contributed by atoms with Crippen molar-refractivity contribution in [3.63, 3.8) is 0 Å². The number of alkyl halides is 3. The normalized spacial score (nSPS) is 11.3. The average Bonchev–Trinajstić information content (AvgIpc) is 3.29. The SMILES string of the molecule is Cc1cc(Cn2ccc3ncc(-c4ccc(F)c(C)c4)cc32)no1.O=C(O)C(F)(F)F. The maximum Gasteiger partial charge on any atom is 0.490 e. The second kappa shape index (κ2) is 8.58. The second-order valence-electron chi connectivity index (χ2n) is 6.77. The predicted molar refractivity (Wildman–Crippen MR) is 104 cm³/mol. The van der Waals surface area contributed by atoms with Crippen molar-refractivity contribution in [3.05, 3.63) is 71.6 Å². The highest BCUT2D eigenvalue weighted by Crippen LogP contribution is 2.25. The molecule has 0 amide bonds. The largest absolute Gasteiger partial charge is 0.490 e. The van der Waals surface area contributed by atoms with Gasteiger partial charge in [-0.25, -0.2) is 9.18 Å². The van der Waals surface area contributed by atoms with E-state index in [2.05, 4.69) is 20.8 Å². The summed E-state index contributed by atoms with van der Waals surface area (Å²) < 4.78 is 52.4. The van der Waals surface area contributed by atoms with Crippen molar-refractivity contribution in [2.45, 2.75) is 26.6 Å². The van der Waals surface area contributed by atoms with Gasteiger partial charge in [-0.15, -0.1) is 0 Å². The van der Waals surface area contributed by atoms with E-state index in [0.29, 0.717) is 12.1 Å². The van der Waals surface area contributed by atoms with E-state index in [1.165, 1.54) is 6.07 Å². The molecule has 10 heteroatoms. The summed E-state index contributed by atoms with van der Waals surface area (Å²) in [5.74, 6) is -2.16. The number of hydrogen-bond acceptors (Lipinski definition) is 4. The van der Waals surface area contributed by atoms with Crippen LogP contribution in [-0.2, 0) is 11.3 Å². The minimum Gasteiger partial charge on any atom is -0.475 e. The van der Waals surface area contributed by atoms with Crippen LogP contribution >= 0.6 is 0 Å². The summed E-state index contributed by atoms with van der Waals surface area (Å²) >= 11 is 0. The van der Waals surface area contributed by atoms with Crippen LogP contribution in [0.5, 0.6) is 0 Å². The Morgan fingerprint density at radius 1 is 1.13 bits per heavy atom. The first-order valence-electron chi connectivity index (χ1n) is 8.98. The Labute approximate surface area is 173 Å². The molecule has 0 fully saturated rings. The van der Waals surface area contributed by atoms with Crippen molar-refractivity contribution in [2.24, 2.45) is 0 Å². The summed E-state index contributed by atoms with van der Waals surface area (Å²) in [6.07, 6.45) is -1.28. The molecule has 0 aliphatic heterocycles. The van der Waals surface area contributed by atoms with Crippen LogP contribution in [0.25, 0.3) is 22.2 Å². The number of aromatic nitrogens is 3. The van der Waals surface area contributed by atoms with E-state index in [4.69, 9.17) is 14.4 Å². The van der Waals surface area contributed by atoms with Crippen LogP contribution in [0, 0.1) is 19.7 Å². The summed E-state index contributed by atoms with van der Waals surface area (Å²) in [7, 11) is 0. The molecule has 3 heterocycles. The molecule has 0 radical (unpaired) electrons. The van der Waals surface area contributed by atoms with Gasteiger partial charge in [0, 0.05) is 24.0 Å². The molecule has 0 saturated carbocycles. The quantitative estimate of drug-likeness (QED) is 0.452. The van der Waals surface area contributed by atoms with Crippen molar-refractivity contribution < 1.29 is 32.0 Å². The summed E-state index contributed by atoms with van der Waals surface area (Å²) in [5.41, 5.74) is 5.33. The number of fused-ring (bicyclic) bond motifs is 1. The Morgan fingerprint density at radius 3 is 2.42 bits per heavy atom. The van der Waals surface area contributed by atoms with Gasteiger partial charge in [-0.3, -0.25) is 4.98 Å². The fourth-order valence-corrected chi connectivity index (χ4v) is 2.85. The summed E-state index contributed by atoms with van der Waals surface area (Å²) in [4.78, 5) is 13.4. The lowest BCUT2D eigenvalue weighted by Crippen LogP contribution is -2.21. The number of nitrogens with zero attached hydrogens (tertiary/aromatic N) is 3. The van der Waals surface area contributed by atoms with Crippen molar-refractivity contribution in [3.8, 4) is 11.1 Å². The van der Waals surface area contributed by atoms with E-state index in [1.54, 1.807) is 13.0 Å². The maximum atomic E-state index is 13.5. The Kier molecular flexibility index (Phi) is 6.09. The molecule has 1 aromatic carbocycles. The summed E-state index contributed by atoms with van der Waals surface area (Å²) in [6.45, 7) is 4.26. The zero-order valence-corrected chi connectivity index (χ0v) is 16.4. The highest BCUT2D eigenvalue weighted by Gasteiger charge is 2.38. The van der Waals surface area contributed by atoms with E-state index < -0.39 is 12.1 Å². The van der Waals surface area contributed by atoms with E-state index in [0.717, 1.165) is 33.6 Å². The number of carboxylic acid groups (broad SMARTS) is 1. The molecule has 0 spiro atoms. The number of carboxylic acids is 1. The van der Waals surface area contributed by atoms with Crippen LogP contribution < -0.4 is 0 Å². The zero-order chi connectivity index (χ0) is 22.8. The number of rotatable bonds is 3. The molecule has 162 valence electrons. The number of hydrogen-bond donors (Lipinski definition) is 1. The first-order chi connectivity index (χ1) is 14.5. The first-order valence-corrected chi connectivity index (χ1v) is 8.98. The van der Waals surface area contributed by atoms with Gasteiger partial charge in [-0.2, -0.15) is 13.2 Å². The fourth-order valence-electron chi connectivity index (χ4n) is 2.85. The lowest BCUT2D eigenvalue weighted by molar-refractivity contribution is -0.192. The van der Waals surface area contributed by atoms with Crippen LogP contribution in [0.3, 0.4) is 0 Å².